The van der Waals surface area contributed by atoms with Gasteiger partial charge in [0.15, 0.2) is 0 Å². The fraction of sp³-hybridized carbons (Fsp3) is 0.261. The van der Waals surface area contributed by atoms with E-state index >= 15 is 0 Å². The molecule has 0 saturated heterocycles. The zero-order valence-electron chi connectivity index (χ0n) is 16.4. The number of hydrogen-bond acceptors (Lipinski definition) is 6. The first kappa shape index (κ1) is 19.4. The van der Waals surface area contributed by atoms with Gasteiger partial charge in [-0.05, 0) is 59.1 Å². The van der Waals surface area contributed by atoms with Crippen molar-refractivity contribution < 1.29 is 13.6 Å². The Hall–Kier alpha value is -2.61. The summed E-state index contributed by atoms with van der Waals surface area (Å²) in [6.07, 6.45) is 4.24. The van der Waals surface area contributed by atoms with Gasteiger partial charge in [0, 0.05) is 16.3 Å². The first-order valence-electron chi connectivity index (χ1n) is 9.94. The first-order chi connectivity index (χ1) is 14.8. The van der Waals surface area contributed by atoms with Gasteiger partial charge < -0.3 is 13.7 Å². The van der Waals surface area contributed by atoms with Crippen LogP contribution in [0.15, 0.2) is 74.6 Å². The van der Waals surface area contributed by atoms with Crippen molar-refractivity contribution in [2.45, 2.75) is 25.6 Å². The van der Waals surface area contributed by atoms with Crippen LogP contribution in [0.3, 0.4) is 0 Å². The van der Waals surface area contributed by atoms with Gasteiger partial charge in [0.05, 0.1) is 38.2 Å². The van der Waals surface area contributed by atoms with Gasteiger partial charge in [-0.1, -0.05) is 6.07 Å². The maximum Gasteiger partial charge on any atom is 0.237 e. The average molecular weight is 439 g/mol. The van der Waals surface area contributed by atoms with E-state index < -0.39 is 0 Å². The van der Waals surface area contributed by atoms with Crippen LogP contribution in [0.2, 0.25) is 0 Å². The Labute approximate surface area is 183 Å². The van der Waals surface area contributed by atoms with E-state index in [9.17, 15) is 4.79 Å². The Bertz CT molecular complexity index is 1030. The zero-order chi connectivity index (χ0) is 20.3. The number of carbonyl (C=O) groups is 1. The molecule has 0 saturated carbocycles. The van der Waals surface area contributed by atoms with E-state index in [1.54, 1.807) is 35.2 Å². The molecule has 0 bridgehead atoms. The van der Waals surface area contributed by atoms with Crippen LogP contribution in [0, 0.1) is 0 Å². The summed E-state index contributed by atoms with van der Waals surface area (Å²) < 4.78 is 11.1. The number of hydrogen-bond donors (Lipinski definition) is 0. The minimum atomic E-state index is 0.00146. The predicted octanol–water partition coefficient (Wildman–Crippen LogP) is 5.17. The van der Waals surface area contributed by atoms with Crippen LogP contribution >= 0.6 is 22.7 Å². The topological polar surface area (TPSA) is 49.8 Å². The number of nitrogens with zero attached hydrogens (tertiary/aromatic N) is 2. The lowest BCUT2D eigenvalue weighted by molar-refractivity contribution is -0.134. The van der Waals surface area contributed by atoms with Gasteiger partial charge in [0.25, 0.3) is 0 Å². The molecule has 4 aromatic rings. The van der Waals surface area contributed by atoms with E-state index in [1.807, 2.05) is 29.2 Å². The second-order valence-electron chi connectivity index (χ2n) is 7.36. The molecular weight excluding hydrogens is 416 g/mol. The lowest BCUT2D eigenvalue weighted by Crippen LogP contribution is -2.44. The zero-order valence-corrected chi connectivity index (χ0v) is 18.0. The SMILES string of the molecule is O=C(CN(Cc1ccco1)Cc1ccco1)N1CCc2sccc2C1c1cccs1. The number of thiophene rings is 2. The van der Waals surface area contributed by atoms with Crippen LogP contribution in [0.25, 0.3) is 0 Å². The van der Waals surface area contributed by atoms with Crippen molar-refractivity contribution in [3.63, 3.8) is 0 Å². The number of carbonyl (C=O) groups excluding carboxylic acids is 1. The highest BCUT2D eigenvalue weighted by atomic mass is 32.1. The van der Waals surface area contributed by atoms with Gasteiger partial charge in [-0.3, -0.25) is 9.69 Å². The molecule has 1 atom stereocenters. The third-order valence-corrected chi connectivity index (χ3v) is 7.30. The van der Waals surface area contributed by atoms with E-state index in [4.69, 9.17) is 8.83 Å². The smallest absolute Gasteiger partial charge is 0.237 e. The number of amides is 1. The van der Waals surface area contributed by atoms with Crippen molar-refractivity contribution in [2.24, 2.45) is 0 Å². The second kappa shape index (κ2) is 8.63. The highest BCUT2D eigenvalue weighted by Crippen LogP contribution is 2.39. The van der Waals surface area contributed by atoms with E-state index in [-0.39, 0.29) is 11.9 Å². The molecule has 4 aromatic heterocycles. The Morgan fingerprint density at radius 2 is 1.77 bits per heavy atom. The van der Waals surface area contributed by atoms with Crippen LogP contribution in [-0.2, 0) is 24.3 Å². The Morgan fingerprint density at radius 1 is 1.00 bits per heavy atom. The molecule has 0 N–H and O–H groups in total. The van der Waals surface area contributed by atoms with E-state index in [0.29, 0.717) is 19.6 Å². The van der Waals surface area contributed by atoms with Crippen molar-refractivity contribution in [2.75, 3.05) is 13.1 Å². The summed E-state index contributed by atoms with van der Waals surface area (Å²) in [6, 6.07) is 14.0. The van der Waals surface area contributed by atoms with E-state index in [0.717, 1.165) is 24.5 Å². The van der Waals surface area contributed by atoms with Gasteiger partial charge in [0.1, 0.15) is 11.5 Å². The van der Waals surface area contributed by atoms with Crippen molar-refractivity contribution in [1.29, 1.82) is 0 Å². The van der Waals surface area contributed by atoms with Crippen molar-refractivity contribution in [3.05, 3.63) is 92.6 Å². The van der Waals surface area contributed by atoms with Crippen molar-refractivity contribution in [3.8, 4) is 0 Å². The lowest BCUT2D eigenvalue weighted by atomic mass is 9.98. The fourth-order valence-corrected chi connectivity index (χ4v) is 5.79. The summed E-state index contributed by atoms with van der Waals surface area (Å²) >= 11 is 3.50. The van der Waals surface area contributed by atoms with Crippen LogP contribution in [0.1, 0.15) is 32.9 Å². The van der Waals surface area contributed by atoms with Gasteiger partial charge in [-0.25, -0.2) is 0 Å². The molecule has 7 heteroatoms. The molecule has 1 unspecified atom stereocenters. The number of fused-ring (bicyclic) bond motifs is 1. The molecule has 0 spiro atoms. The van der Waals surface area contributed by atoms with E-state index in [1.165, 1.54) is 15.3 Å². The predicted molar refractivity (Wildman–Crippen MR) is 117 cm³/mol. The van der Waals surface area contributed by atoms with Gasteiger partial charge in [0.2, 0.25) is 5.91 Å². The molecule has 5 nitrogen and oxygen atoms in total. The first-order valence-corrected chi connectivity index (χ1v) is 11.7. The highest BCUT2D eigenvalue weighted by molar-refractivity contribution is 7.10. The van der Waals surface area contributed by atoms with E-state index in [2.05, 4.69) is 33.9 Å². The minimum Gasteiger partial charge on any atom is -0.468 e. The molecule has 5 rings (SSSR count). The van der Waals surface area contributed by atoms with Crippen LogP contribution in [-0.4, -0.2) is 28.8 Å². The standard InChI is InChI=1S/C23H22N2O3S2/c26-22(16-24(14-17-4-1-10-27-17)15-18-5-2-11-28-18)25-9-7-20-19(8-13-30-20)23(25)21-6-3-12-29-21/h1-6,8,10-13,23H,7,9,14-16H2. The average Bonchev–Trinajstić information content (AvgIpc) is 3.55. The normalized spacial score (nSPS) is 16.2. The Morgan fingerprint density at radius 3 is 2.40 bits per heavy atom. The molecule has 0 fully saturated rings. The summed E-state index contributed by atoms with van der Waals surface area (Å²) in [4.78, 5) is 20.3. The molecule has 1 amide bonds. The molecule has 0 aliphatic carbocycles. The Balaban J connectivity index is 1.38. The minimum absolute atomic E-state index is 0.00146. The third-order valence-electron chi connectivity index (χ3n) is 5.38. The second-order valence-corrected chi connectivity index (χ2v) is 9.34. The molecule has 154 valence electrons. The summed E-state index contributed by atoms with van der Waals surface area (Å²) in [6.45, 7) is 2.16. The summed E-state index contributed by atoms with van der Waals surface area (Å²) in [7, 11) is 0. The Kier molecular flexibility index (Phi) is 5.57. The van der Waals surface area contributed by atoms with Crippen molar-refractivity contribution >= 4 is 28.6 Å². The van der Waals surface area contributed by atoms with Crippen LogP contribution in [0.4, 0.5) is 0 Å². The maximum absolute atomic E-state index is 13.5. The number of rotatable bonds is 7. The summed E-state index contributed by atoms with van der Waals surface area (Å²) in [5.74, 6) is 1.80. The van der Waals surface area contributed by atoms with Crippen LogP contribution in [0.5, 0.6) is 0 Å². The molecule has 30 heavy (non-hydrogen) atoms. The molecular formula is C23H22N2O3S2. The molecule has 1 aliphatic heterocycles. The fourth-order valence-electron chi connectivity index (χ4n) is 4.03. The summed E-state index contributed by atoms with van der Waals surface area (Å²) in [5, 5.41) is 4.22. The van der Waals surface area contributed by atoms with Crippen LogP contribution < -0.4 is 0 Å². The van der Waals surface area contributed by atoms with Gasteiger partial charge in [-0.2, -0.15) is 0 Å². The van der Waals surface area contributed by atoms with Gasteiger partial charge in [-0.15, -0.1) is 22.7 Å². The molecule has 1 aliphatic rings. The highest BCUT2D eigenvalue weighted by Gasteiger charge is 2.34. The molecule has 0 aromatic carbocycles. The monoisotopic (exact) mass is 438 g/mol. The maximum atomic E-state index is 13.5. The van der Waals surface area contributed by atoms with Crippen molar-refractivity contribution in [1.82, 2.24) is 9.80 Å². The quantitative estimate of drug-likeness (QED) is 0.399. The number of furan rings is 2. The van der Waals surface area contributed by atoms with Gasteiger partial charge >= 0.3 is 0 Å². The third kappa shape index (κ3) is 4.01. The molecule has 5 heterocycles. The lowest BCUT2D eigenvalue weighted by Gasteiger charge is -2.36. The molecule has 0 radical (unpaired) electrons. The largest absolute Gasteiger partial charge is 0.468 e. The summed E-state index contributed by atoms with van der Waals surface area (Å²) in [5.41, 5.74) is 1.27.